The highest BCUT2D eigenvalue weighted by Gasteiger charge is 2.01. The van der Waals surface area contributed by atoms with Gasteiger partial charge in [-0.25, -0.2) is 0 Å². The summed E-state index contributed by atoms with van der Waals surface area (Å²) in [5.74, 6) is 0. The Balaban J connectivity index is 2.85. The Morgan fingerprint density at radius 1 is 1.45 bits per heavy atom. The van der Waals surface area contributed by atoms with Crippen molar-refractivity contribution in [1.82, 2.24) is 0 Å². The van der Waals surface area contributed by atoms with Gasteiger partial charge in [-0.05, 0) is 12.0 Å². The average molecular weight is 172 g/mol. The van der Waals surface area contributed by atoms with Gasteiger partial charge in [0.1, 0.15) is 0 Å². The Bertz CT molecular complexity index is 320. The molecule has 0 fully saturated rings. The molecule has 0 aliphatic heterocycles. The minimum Gasteiger partial charge on any atom is -0.282 e. The third kappa shape index (κ3) is 3.15. The van der Waals surface area contributed by atoms with Crippen LogP contribution in [0.15, 0.2) is 35.3 Å². The summed E-state index contributed by atoms with van der Waals surface area (Å²) < 4.78 is 29.0. The van der Waals surface area contributed by atoms with Crippen LogP contribution in [0.4, 0.5) is 0 Å². The largest absolute Gasteiger partial charge is 0.287 e. The van der Waals surface area contributed by atoms with E-state index >= 15 is 0 Å². The van der Waals surface area contributed by atoms with Gasteiger partial charge in [-0.15, -0.1) is 0 Å². The predicted octanol–water partition coefficient (Wildman–Crippen LogP) is 1.27. The first-order valence-corrected chi connectivity index (χ1v) is 4.59. The maximum Gasteiger partial charge on any atom is 0.287 e. The molecule has 60 valence electrons. The van der Waals surface area contributed by atoms with E-state index in [1.54, 1.807) is 12.2 Å². The van der Waals surface area contributed by atoms with E-state index in [4.69, 9.17) is 4.55 Å². The molecule has 0 amide bonds. The summed E-state index contributed by atoms with van der Waals surface area (Å²) in [6.07, 6.45) is 7.56. The Labute approximate surface area is 65.5 Å². The summed E-state index contributed by atoms with van der Waals surface area (Å²) in [4.78, 5) is 0. The summed E-state index contributed by atoms with van der Waals surface area (Å²) in [6, 6.07) is 0. The van der Waals surface area contributed by atoms with Crippen LogP contribution in [-0.4, -0.2) is 13.0 Å². The monoisotopic (exact) mass is 172 g/mol. The van der Waals surface area contributed by atoms with Crippen LogP contribution in [-0.2, 0) is 10.1 Å². The van der Waals surface area contributed by atoms with Gasteiger partial charge in [0.05, 0.1) is 5.41 Å². The topological polar surface area (TPSA) is 54.4 Å². The molecule has 0 heterocycles. The molecule has 1 aliphatic rings. The molecule has 0 aromatic heterocycles. The van der Waals surface area contributed by atoms with Gasteiger partial charge >= 0.3 is 0 Å². The molecule has 0 saturated carbocycles. The lowest BCUT2D eigenvalue weighted by molar-refractivity contribution is 0.494. The number of hydrogen-bond donors (Lipinski definition) is 1. The van der Waals surface area contributed by atoms with E-state index in [9.17, 15) is 8.42 Å². The smallest absolute Gasteiger partial charge is 0.282 e. The van der Waals surface area contributed by atoms with Crippen molar-refractivity contribution < 1.29 is 13.0 Å². The van der Waals surface area contributed by atoms with Crippen molar-refractivity contribution in [3.63, 3.8) is 0 Å². The van der Waals surface area contributed by atoms with Crippen molar-refractivity contribution in [2.24, 2.45) is 0 Å². The molecule has 0 spiro atoms. The minimum atomic E-state index is -3.97. The van der Waals surface area contributed by atoms with E-state index in [2.05, 4.69) is 0 Å². The van der Waals surface area contributed by atoms with Gasteiger partial charge in [-0.1, -0.05) is 24.3 Å². The molecular formula is C7H8O3S. The highest BCUT2D eigenvalue weighted by atomic mass is 32.2. The van der Waals surface area contributed by atoms with Crippen LogP contribution in [0.25, 0.3) is 0 Å². The molecule has 4 heteroatoms. The maximum atomic E-state index is 10.3. The lowest BCUT2D eigenvalue weighted by Crippen LogP contribution is -1.93. The third-order valence-electron chi connectivity index (χ3n) is 1.21. The Morgan fingerprint density at radius 2 is 2.18 bits per heavy atom. The third-order valence-corrected chi connectivity index (χ3v) is 1.81. The van der Waals surface area contributed by atoms with Crippen molar-refractivity contribution >= 4 is 10.1 Å². The first kappa shape index (κ1) is 8.23. The Hall–Kier alpha value is -0.870. The normalized spacial score (nSPS) is 21.0. The van der Waals surface area contributed by atoms with Crippen molar-refractivity contribution in [3.05, 3.63) is 35.3 Å². The van der Waals surface area contributed by atoms with Gasteiger partial charge in [0.2, 0.25) is 0 Å². The quantitative estimate of drug-likeness (QED) is 0.606. The van der Waals surface area contributed by atoms with Crippen LogP contribution in [0.1, 0.15) is 6.42 Å². The second kappa shape index (κ2) is 3.02. The zero-order valence-electron chi connectivity index (χ0n) is 5.77. The molecule has 1 N–H and O–H groups in total. The fourth-order valence-electron chi connectivity index (χ4n) is 0.809. The van der Waals surface area contributed by atoms with Crippen LogP contribution < -0.4 is 0 Å². The van der Waals surface area contributed by atoms with Crippen molar-refractivity contribution in [3.8, 4) is 0 Å². The highest BCUT2D eigenvalue weighted by Crippen LogP contribution is 2.10. The first-order valence-electron chi connectivity index (χ1n) is 3.09. The summed E-state index contributed by atoms with van der Waals surface area (Å²) in [7, 11) is -3.97. The SMILES string of the molecule is O=S(=O)(O)/C=C1\C=CC=CC1. The van der Waals surface area contributed by atoms with Gasteiger partial charge in [0.25, 0.3) is 10.1 Å². The van der Waals surface area contributed by atoms with Crippen LogP contribution in [0.3, 0.4) is 0 Å². The van der Waals surface area contributed by atoms with E-state index in [0.29, 0.717) is 12.0 Å². The molecule has 0 bridgehead atoms. The van der Waals surface area contributed by atoms with E-state index in [1.807, 2.05) is 12.2 Å². The van der Waals surface area contributed by atoms with E-state index in [0.717, 1.165) is 5.41 Å². The van der Waals surface area contributed by atoms with Crippen LogP contribution in [0.2, 0.25) is 0 Å². The van der Waals surface area contributed by atoms with Gasteiger partial charge in [-0.3, -0.25) is 4.55 Å². The van der Waals surface area contributed by atoms with Crippen molar-refractivity contribution in [1.29, 1.82) is 0 Å². The second-order valence-corrected chi connectivity index (χ2v) is 3.46. The fraction of sp³-hybridized carbons (Fsp3) is 0.143. The van der Waals surface area contributed by atoms with E-state index in [1.165, 1.54) is 0 Å². The fourth-order valence-corrected chi connectivity index (χ4v) is 1.37. The summed E-state index contributed by atoms with van der Waals surface area (Å²) in [5, 5.41) is 0.854. The molecule has 0 aromatic rings. The number of allylic oxidation sites excluding steroid dienone is 5. The molecule has 0 unspecified atom stereocenters. The predicted molar refractivity (Wildman–Crippen MR) is 42.5 cm³/mol. The molecule has 0 atom stereocenters. The van der Waals surface area contributed by atoms with Gasteiger partial charge < -0.3 is 0 Å². The van der Waals surface area contributed by atoms with Crippen molar-refractivity contribution in [2.45, 2.75) is 6.42 Å². The molecule has 0 aromatic carbocycles. The van der Waals surface area contributed by atoms with Crippen LogP contribution in [0.5, 0.6) is 0 Å². The zero-order chi connectivity index (χ0) is 8.32. The zero-order valence-corrected chi connectivity index (χ0v) is 6.58. The van der Waals surface area contributed by atoms with Gasteiger partial charge in [-0.2, -0.15) is 8.42 Å². The molecule has 1 rings (SSSR count). The summed E-state index contributed by atoms with van der Waals surface area (Å²) in [6.45, 7) is 0. The molecule has 1 aliphatic carbocycles. The Kier molecular flexibility index (Phi) is 2.26. The average Bonchev–Trinajstić information content (AvgIpc) is 1.85. The Morgan fingerprint density at radius 3 is 2.64 bits per heavy atom. The second-order valence-electron chi connectivity index (χ2n) is 2.20. The van der Waals surface area contributed by atoms with Crippen LogP contribution in [0, 0.1) is 0 Å². The van der Waals surface area contributed by atoms with Gasteiger partial charge in [0, 0.05) is 0 Å². The maximum absolute atomic E-state index is 10.3. The van der Waals surface area contributed by atoms with E-state index < -0.39 is 10.1 Å². The summed E-state index contributed by atoms with van der Waals surface area (Å²) >= 11 is 0. The van der Waals surface area contributed by atoms with Gasteiger partial charge in [0.15, 0.2) is 0 Å². The molecule has 0 radical (unpaired) electrons. The molecule has 11 heavy (non-hydrogen) atoms. The number of hydrogen-bond acceptors (Lipinski definition) is 2. The summed E-state index contributed by atoms with van der Waals surface area (Å²) in [5.41, 5.74) is 0.593. The number of rotatable bonds is 1. The minimum absolute atomic E-state index is 0.552. The molecule has 0 saturated heterocycles. The first-order chi connectivity index (χ1) is 5.08. The lowest BCUT2D eigenvalue weighted by atomic mass is 10.1. The standard InChI is InChI=1S/C7H8O3S/c8-11(9,10)6-7-4-2-1-3-5-7/h1-4,6H,5H2,(H,8,9,10)/b7-6+. The van der Waals surface area contributed by atoms with Crippen molar-refractivity contribution in [2.75, 3.05) is 0 Å². The lowest BCUT2D eigenvalue weighted by Gasteiger charge is -1.98. The highest BCUT2D eigenvalue weighted by molar-refractivity contribution is 7.88. The molecular weight excluding hydrogens is 164 g/mol. The molecule has 3 nitrogen and oxygen atoms in total. The van der Waals surface area contributed by atoms with Crippen LogP contribution >= 0.6 is 0 Å². The van der Waals surface area contributed by atoms with E-state index in [-0.39, 0.29) is 0 Å².